The summed E-state index contributed by atoms with van der Waals surface area (Å²) < 4.78 is 25.4. The van der Waals surface area contributed by atoms with Gasteiger partial charge in [0.25, 0.3) is 0 Å². The van der Waals surface area contributed by atoms with E-state index in [1.807, 2.05) is 0 Å². The van der Waals surface area contributed by atoms with Crippen LogP contribution in [0.1, 0.15) is 44.9 Å². The van der Waals surface area contributed by atoms with Gasteiger partial charge in [-0.2, -0.15) is 0 Å². The van der Waals surface area contributed by atoms with E-state index in [4.69, 9.17) is 5.11 Å². The third kappa shape index (κ3) is 5.35. The van der Waals surface area contributed by atoms with Crippen molar-refractivity contribution in [1.29, 1.82) is 0 Å². The molecule has 0 radical (unpaired) electrons. The van der Waals surface area contributed by atoms with E-state index in [-0.39, 0.29) is 18.1 Å². The van der Waals surface area contributed by atoms with Gasteiger partial charge in [0.05, 0.1) is 5.75 Å². The molecule has 1 aliphatic carbocycles. The molecule has 1 rings (SSSR count). The van der Waals surface area contributed by atoms with Gasteiger partial charge >= 0.3 is 5.97 Å². The first-order valence-corrected chi connectivity index (χ1v) is 8.18. The Morgan fingerprint density at radius 1 is 1.28 bits per heavy atom. The second-order valence-corrected chi connectivity index (χ2v) is 7.22. The summed E-state index contributed by atoms with van der Waals surface area (Å²) in [6, 6.07) is 0. The molecule has 0 heterocycles. The fourth-order valence-corrected chi connectivity index (χ4v) is 3.96. The monoisotopic (exact) mass is 277 g/mol. The lowest BCUT2D eigenvalue weighted by Crippen LogP contribution is -2.33. The molecule has 0 aromatic heterocycles. The second-order valence-electron chi connectivity index (χ2n) is 5.10. The largest absolute Gasteiger partial charge is 0.481 e. The Balaban J connectivity index is 2.38. The Morgan fingerprint density at radius 2 is 1.89 bits per heavy atom. The van der Waals surface area contributed by atoms with Crippen molar-refractivity contribution in [3.05, 3.63) is 0 Å². The van der Waals surface area contributed by atoms with E-state index in [9.17, 15) is 13.2 Å². The van der Waals surface area contributed by atoms with Crippen LogP contribution in [0.5, 0.6) is 0 Å². The molecule has 6 heteroatoms. The molecule has 0 spiro atoms. The Bertz CT molecular complexity index is 360. The SMILES string of the molecule is CN(CCCC(=O)O)S(=O)(=O)CC1CCCCC1. The number of carboxylic acid groups (broad SMARTS) is 1. The van der Waals surface area contributed by atoms with Crippen molar-refractivity contribution in [2.75, 3.05) is 19.3 Å². The second kappa shape index (κ2) is 7.09. The van der Waals surface area contributed by atoms with Gasteiger partial charge in [0, 0.05) is 20.0 Å². The highest BCUT2D eigenvalue weighted by molar-refractivity contribution is 7.89. The average molecular weight is 277 g/mol. The number of sulfonamides is 1. The van der Waals surface area contributed by atoms with Crippen LogP contribution in [0.4, 0.5) is 0 Å². The van der Waals surface area contributed by atoms with E-state index in [0.29, 0.717) is 13.0 Å². The van der Waals surface area contributed by atoms with Crippen molar-refractivity contribution in [2.45, 2.75) is 44.9 Å². The molecule has 0 aliphatic heterocycles. The smallest absolute Gasteiger partial charge is 0.303 e. The fourth-order valence-electron chi connectivity index (χ4n) is 2.37. The lowest BCUT2D eigenvalue weighted by atomic mass is 9.91. The highest BCUT2D eigenvalue weighted by Crippen LogP contribution is 2.25. The summed E-state index contributed by atoms with van der Waals surface area (Å²) in [5.41, 5.74) is 0. The molecular formula is C12H23NO4S. The van der Waals surface area contributed by atoms with Gasteiger partial charge in [0.2, 0.25) is 10.0 Å². The number of aliphatic carboxylic acids is 1. The molecule has 1 fully saturated rings. The molecule has 0 saturated heterocycles. The van der Waals surface area contributed by atoms with Crippen molar-refractivity contribution in [1.82, 2.24) is 4.31 Å². The van der Waals surface area contributed by atoms with Crippen LogP contribution in [0, 0.1) is 5.92 Å². The zero-order chi connectivity index (χ0) is 13.6. The maximum atomic E-state index is 12.1. The van der Waals surface area contributed by atoms with Crippen molar-refractivity contribution in [3.63, 3.8) is 0 Å². The highest BCUT2D eigenvalue weighted by Gasteiger charge is 2.24. The van der Waals surface area contributed by atoms with E-state index in [0.717, 1.165) is 25.7 Å². The molecule has 0 bridgehead atoms. The molecule has 0 aromatic rings. The Morgan fingerprint density at radius 3 is 2.44 bits per heavy atom. The van der Waals surface area contributed by atoms with Gasteiger partial charge in [-0.25, -0.2) is 12.7 Å². The summed E-state index contributed by atoms with van der Waals surface area (Å²) in [5, 5.41) is 8.52. The minimum absolute atomic E-state index is 0.0172. The first-order chi connectivity index (χ1) is 8.42. The third-order valence-corrected chi connectivity index (χ3v) is 5.53. The summed E-state index contributed by atoms with van der Waals surface area (Å²) in [7, 11) is -1.68. The molecular weight excluding hydrogens is 254 g/mol. The summed E-state index contributed by atoms with van der Waals surface area (Å²) >= 11 is 0. The Labute approximate surface area is 109 Å². The molecule has 0 atom stereocenters. The first kappa shape index (κ1) is 15.4. The van der Waals surface area contributed by atoms with E-state index in [1.165, 1.54) is 10.7 Å². The first-order valence-electron chi connectivity index (χ1n) is 6.57. The number of carboxylic acids is 1. The molecule has 18 heavy (non-hydrogen) atoms. The van der Waals surface area contributed by atoms with Gasteiger partial charge in [-0.1, -0.05) is 19.3 Å². The van der Waals surface area contributed by atoms with Crippen LogP contribution in [0.15, 0.2) is 0 Å². The number of nitrogens with zero attached hydrogens (tertiary/aromatic N) is 1. The van der Waals surface area contributed by atoms with Gasteiger partial charge < -0.3 is 5.11 Å². The summed E-state index contributed by atoms with van der Waals surface area (Å²) in [6.07, 6.45) is 5.86. The predicted molar refractivity (Wildman–Crippen MR) is 69.9 cm³/mol. The Hall–Kier alpha value is -0.620. The molecule has 0 aromatic carbocycles. The zero-order valence-corrected chi connectivity index (χ0v) is 11.8. The van der Waals surface area contributed by atoms with Crippen LogP contribution in [0.2, 0.25) is 0 Å². The average Bonchev–Trinajstić information content (AvgIpc) is 2.29. The van der Waals surface area contributed by atoms with Crippen LogP contribution >= 0.6 is 0 Å². The zero-order valence-electron chi connectivity index (χ0n) is 11.0. The van der Waals surface area contributed by atoms with Crippen LogP contribution in [-0.2, 0) is 14.8 Å². The van der Waals surface area contributed by atoms with Crippen LogP contribution in [0.3, 0.4) is 0 Å². The number of hydrogen-bond donors (Lipinski definition) is 1. The van der Waals surface area contributed by atoms with Crippen molar-refractivity contribution in [2.24, 2.45) is 5.92 Å². The summed E-state index contributed by atoms with van der Waals surface area (Å²) in [4.78, 5) is 10.4. The van der Waals surface area contributed by atoms with Crippen LogP contribution in [-0.4, -0.2) is 43.1 Å². The minimum atomic E-state index is -3.22. The molecule has 1 N–H and O–H groups in total. The highest BCUT2D eigenvalue weighted by atomic mass is 32.2. The maximum absolute atomic E-state index is 12.1. The molecule has 106 valence electrons. The van der Waals surface area contributed by atoms with Gasteiger partial charge in [-0.15, -0.1) is 0 Å². The molecule has 0 unspecified atom stereocenters. The standard InChI is InChI=1S/C12H23NO4S/c1-13(9-5-8-12(14)15)18(16,17)10-11-6-3-2-4-7-11/h11H,2-10H2,1H3,(H,14,15). The third-order valence-electron chi connectivity index (χ3n) is 3.51. The number of rotatable bonds is 7. The van der Waals surface area contributed by atoms with Crippen LogP contribution < -0.4 is 0 Å². The maximum Gasteiger partial charge on any atom is 0.303 e. The summed E-state index contributed by atoms with van der Waals surface area (Å²) in [6.45, 7) is 0.293. The molecule has 1 saturated carbocycles. The van der Waals surface area contributed by atoms with E-state index in [2.05, 4.69) is 0 Å². The number of carbonyl (C=O) groups is 1. The molecule has 0 amide bonds. The Kier molecular flexibility index (Phi) is 6.08. The van der Waals surface area contributed by atoms with Gasteiger partial charge in [-0.05, 0) is 25.2 Å². The van der Waals surface area contributed by atoms with Crippen molar-refractivity contribution in [3.8, 4) is 0 Å². The van der Waals surface area contributed by atoms with Crippen molar-refractivity contribution < 1.29 is 18.3 Å². The normalized spacial score (nSPS) is 18.1. The topological polar surface area (TPSA) is 74.7 Å². The van der Waals surface area contributed by atoms with E-state index in [1.54, 1.807) is 7.05 Å². The van der Waals surface area contributed by atoms with Crippen molar-refractivity contribution >= 4 is 16.0 Å². The van der Waals surface area contributed by atoms with Gasteiger partial charge in [0.15, 0.2) is 0 Å². The molecule has 5 nitrogen and oxygen atoms in total. The molecule has 1 aliphatic rings. The van der Waals surface area contributed by atoms with E-state index < -0.39 is 16.0 Å². The van der Waals surface area contributed by atoms with Gasteiger partial charge in [0.1, 0.15) is 0 Å². The number of hydrogen-bond acceptors (Lipinski definition) is 3. The van der Waals surface area contributed by atoms with Gasteiger partial charge in [-0.3, -0.25) is 4.79 Å². The van der Waals surface area contributed by atoms with E-state index >= 15 is 0 Å². The summed E-state index contributed by atoms with van der Waals surface area (Å²) in [5.74, 6) is -0.380. The quantitative estimate of drug-likeness (QED) is 0.768. The lowest BCUT2D eigenvalue weighted by molar-refractivity contribution is -0.137. The fraction of sp³-hybridized carbons (Fsp3) is 0.917. The predicted octanol–water partition coefficient (Wildman–Crippen LogP) is 1.69. The lowest BCUT2D eigenvalue weighted by Gasteiger charge is -2.24. The minimum Gasteiger partial charge on any atom is -0.481 e. The van der Waals surface area contributed by atoms with Crippen LogP contribution in [0.25, 0.3) is 0 Å².